The van der Waals surface area contributed by atoms with E-state index in [2.05, 4.69) is 10.2 Å². The second kappa shape index (κ2) is 10.1. The molecule has 0 spiro atoms. The third-order valence-electron chi connectivity index (χ3n) is 3.38. The number of carbonyl (C=O) groups excluding carboxylic acids is 4. The molecule has 1 aliphatic rings. The summed E-state index contributed by atoms with van der Waals surface area (Å²) in [5.41, 5.74) is 0.882. The predicted molar refractivity (Wildman–Crippen MR) is 87.2 cm³/mol. The number of nitrogens with zero attached hydrogens (tertiary/aromatic N) is 1. The molecule has 0 atom stereocenters. The Morgan fingerprint density at radius 1 is 1.04 bits per heavy atom. The summed E-state index contributed by atoms with van der Waals surface area (Å²) in [6.45, 7) is 0.601. The highest BCUT2D eigenvalue weighted by Crippen LogP contribution is 2.12. The van der Waals surface area contributed by atoms with E-state index in [0.29, 0.717) is 5.06 Å². The van der Waals surface area contributed by atoms with Crippen LogP contribution in [0.4, 0.5) is 4.79 Å². The summed E-state index contributed by atoms with van der Waals surface area (Å²) in [5, 5.41) is 3.00. The van der Waals surface area contributed by atoms with Crippen molar-refractivity contribution in [3.05, 3.63) is 35.9 Å². The summed E-state index contributed by atoms with van der Waals surface area (Å²) < 4.78 is 10.2. The second-order valence-corrected chi connectivity index (χ2v) is 5.40. The van der Waals surface area contributed by atoms with Crippen LogP contribution in [0.5, 0.6) is 0 Å². The first-order valence-electron chi connectivity index (χ1n) is 8.15. The van der Waals surface area contributed by atoms with Gasteiger partial charge in [0.2, 0.25) is 0 Å². The van der Waals surface area contributed by atoms with Crippen molar-refractivity contribution in [1.29, 1.82) is 0 Å². The van der Waals surface area contributed by atoms with Gasteiger partial charge in [0.25, 0.3) is 11.8 Å². The summed E-state index contributed by atoms with van der Waals surface area (Å²) in [6.07, 6.45) is -0.582. The van der Waals surface area contributed by atoms with E-state index in [-0.39, 0.29) is 45.6 Å². The van der Waals surface area contributed by atoms with Gasteiger partial charge in [0.05, 0.1) is 19.6 Å². The molecule has 3 amide bonds. The Morgan fingerprint density at radius 3 is 2.42 bits per heavy atom. The molecular weight excluding hydrogens is 344 g/mol. The molecule has 1 aromatic rings. The first kappa shape index (κ1) is 19.4. The molecule has 0 bridgehead atoms. The molecule has 1 fully saturated rings. The number of hydrogen-bond acceptors (Lipinski definition) is 7. The van der Waals surface area contributed by atoms with E-state index in [0.717, 1.165) is 5.56 Å². The minimum atomic E-state index is -0.733. The van der Waals surface area contributed by atoms with Crippen molar-refractivity contribution >= 4 is 23.9 Å². The first-order valence-corrected chi connectivity index (χ1v) is 8.15. The van der Waals surface area contributed by atoms with Crippen LogP contribution in [0, 0.1) is 0 Å². The Morgan fingerprint density at radius 2 is 1.73 bits per heavy atom. The lowest BCUT2D eigenvalue weighted by Crippen LogP contribution is -2.32. The number of amides is 3. The van der Waals surface area contributed by atoms with Crippen LogP contribution in [0.25, 0.3) is 0 Å². The molecule has 1 aliphatic heterocycles. The molecule has 9 nitrogen and oxygen atoms in total. The summed E-state index contributed by atoms with van der Waals surface area (Å²) in [6, 6.07) is 9.27. The highest BCUT2D eigenvalue weighted by molar-refractivity contribution is 6.01. The van der Waals surface area contributed by atoms with Gasteiger partial charge in [-0.3, -0.25) is 9.59 Å². The van der Waals surface area contributed by atoms with Gasteiger partial charge >= 0.3 is 12.1 Å². The van der Waals surface area contributed by atoms with E-state index in [1.807, 2.05) is 30.3 Å². The van der Waals surface area contributed by atoms with E-state index in [4.69, 9.17) is 9.47 Å². The van der Waals surface area contributed by atoms with E-state index in [9.17, 15) is 19.2 Å². The molecule has 0 saturated carbocycles. The van der Waals surface area contributed by atoms with Crippen LogP contribution in [0.15, 0.2) is 30.3 Å². The molecule has 1 heterocycles. The molecule has 1 saturated heterocycles. The molecule has 0 aromatic heterocycles. The highest BCUT2D eigenvalue weighted by Gasteiger charge is 2.32. The number of hydroxylamine groups is 2. The van der Waals surface area contributed by atoms with Crippen molar-refractivity contribution in [2.75, 3.05) is 19.8 Å². The molecule has 2 rings (SSSR count). The number of benzene rings is 1. The fourth-order valence-electron chi connectivity index (χ4n) is 2.06. The molecule has 0 unspecified atom stereocenters. The van der Waals surface area contributed by atoms with Crippen LogP contribution >= 0.6 is 0 Å². The molecule has 140 valence electrons. The Hall–Kier alpha value is -2.94. The van der Waals surface area contributed by atoms with Crippen molar-refractivity contribution in [2.45, 2.75) is 25.9 Å². The van der Waals surface area contributed by atoms with Crippen LogP contribution in [-0.4, -0.2) is 48.7 Å². The lowest BCUT2D eigenvalue weighted by Gasteiger charge is -2.12. The van der Waals surface area contributed by atoms with Crippen molar-refractivity contribution in [3.63, 3.8) is 0 Å². The molecule has 0 radical (unpaired) electrons. The van der Waals surface area contributed by atoms with Crippen molar-refractivity contribution in [2.24, 2.45) is 0 Å². The quantitative estimate of drug-likeness (QED) is 0.512. The van der Waals surface area contributed by atoms with Crippen LogP contribution in [0.2, 0.25) is 0 Å². The zero-order valence-electron chi connectivity index (χ0n) is 14.1. The smallest absolute Gasteiger partial charge is 0.407 e. The standard InChI is InChI=1S/C17H20N2O7/c20-14-6-7-15(21)19(14)26-16(22)8-10-24-11-9-18-17(23)25-12-13-4-2-1-3-5-13/h1-5H,6-12H2,(H,18,23). The van der Waals surface area contributed by atoms with E-state index in [1.165, 1.54) is 0 Å². The maximum Gasteiger partial charge on any atom is 0.407 e. The van der Waals surface area contributed by atoms with E-state index >= 15 is 0 Å². The Labute approximate surface area is 150 Å². The molecule has 9 heteroatoms. The largest absolute Gasteiger partial charge is 0.445 e. The number of rotatable bonds is 9. The predicted octanol–water partition coefficient (Wildman–Crippen LogP) is 0.927. The topological polar surface area (TPSA) is 111 Å². The Balaban J connectivity index is 1.48. The number of nitrogens with one attached hydrogen (secondary N) is 1. The molecular formula is C17H20N2O7. The second-order valence-electron chi connectivity index (χ2n) is 5.40. The van der Waals surface area contributed by atoms with Gasteiger partial charge in [0.1, 0.15) is 6.61 Å². The minimum Gasteiger partial charge on any atom is -0.445 e. The zero-order valence-corrected chi connectivity index (χ0v) is 14.1. The molecule has 26 heavy (non-hydrogen) atoms. The van der Waals surface area contributed by atoms with Gasteiger partial charge in [-0.25, -0.2) is 9.59 Å². The van der Waals surface area contributed by atoms with Gasteiger partial charge in [-0.15, -0.1) is 5.06 Å². The maximum absolute atomic E-state index is 11.5. The van der Waals surface area contributed by atoms with Crippen LogP contribution in [0.3, 0.4) is 0 Å². The van der Waals surface area contributed by atoms with Crippen molar-refractivity contribution < 1.29 is 33.5 Å². The third-order valence-corrected chi connectivity index (χ3v) is 3.38. The van der Waals surface area contributed by atoms with Crippen LogP contribution < -0.4 is 5.32 Å². The van der Waals surface area contributed by atoms with Gasteiger partial charge < -0.3 is 19.6 Å². The van der Waals surface area contributed by atoms with E-state index in [1.54, 1.807) is 0 Å². The first-order chi connectivity index (χ1) is 12.6. The lowest BCUT2D eigenvalue weighted by atomic mass is 10.2. The number of alkyl carbamates (subject to hydrolysis) is 1. The monoisotopic (exact) mass is 364 g/mol. The van der Waals surface area contributed by atoms with Gasteiger partial charge in [-0.05, 0) is 5.56 Å². The van der Waals surface area contributed by atoms with Crippen molar-refractivity contribution in [1.82, 2.24) is 10.4 Å². The minimum absolute atomic E-state index is 0.0375. The fraction of sp³-hybridized carbons (Fsp3) is 0.412. The van der Waals surface area contributed by atoms with Crippen LogP contribution in [-0.2, 0) is 35.3 Å². The van der Waals surface area contributed by atoms with Gasteiger partial charge in [-0.1, -0.05) is 30.3 Å². The average molecular weight is 364 g/mol. The van der Waals surface area contributed by atoms with E-state index < -0.39 is 23.9 Å². The highest BCUT2D eigenvalue weighted by atomic mass is 16.7. The third kappa shape index (κ3) is 6.52. The van der Waals surface area contributed by atoms with Gasteiger partial charge in [0.15, 0.2) is 0 Å². The Bertz CT molecular complexity index is 632. The number of ether oxygens (including phenoxy) is 2. The summed E-state index contributed by atoms with van der Waals surface area (Å²) in [5.74, 6) is -1.78. The summed E-state index contributed by atoms with van der Waals surface area (Å²) in [7, 11) is 0. The number of carbonyl (C=O) groups is 4. The SMILES string of the molecule is O=C(CCOCCNC(=O)OCc1ccccc1)ON1C(=O)CCC1=O. The maximum atomic E-state index is 11.5. The zero-order chi connectivity index (χ0) is 18.8. The summed E-state index contributed by atoms with van der Waals surface area (Å²) in [4.78, 5) is 50.2. The number of hydrogen-bond donors (Lipinski definition) is 1. The normalized spacial score (nSPS) is 13.6. The van der Waals surface area contributed by atoms with Crippen molar-refractivity contribution in [3.8, 4) is 0 Å². The molecule has 1 N–H and O–H groups in total. The molecule has 0 aliphatic carbocycles. The van der Waals surface area contributed by atoms with Crippen LogP contribution in [0.1, 0.15) is 24.8 Å². The average Bonchev–Trinajstić information content (AvgIpc) is 2.95. The molecule has 1 aromatic carbocycles. The fourth-order valence-corrected chi connectivity index (χ4v) is 2.06. The van der Waals surface area contributed by atoms with Gasteiger partial charge in [-0.2, -0.15) is 0 Å². The Kier molecular flexibility index (Phi) is 7.56. The van der Waals surface area contributed by atoms with Gasteiger partial charge in [0, 0.05) is 19.4 Å². The summed E-state index contributed by atoms with van der Waals surface area (Å²) >= 11 is 0. The number of imide groups is 1. The lowest BCUT2D eigenvalue weighted by molar-refractivity contribution is -0.198.